The van der Waals surface area contributed by atoms with Crippen LogP contribution in [0.5, 0.6) is 0 Å². The molecular weight excluding hydrogens is 413 g/mol. The van der Waals surface area contributed by atoms with Crippen LogP contribution in [0.4, 0.5) is 14.9 Å². The Labute approximate surface area is 177 Å². The molecule has 0 fully saturated rings. The summed E-state index contributed by atoms with van der Waals surface area (Å²) in [6.07, 6.45) is 0.259. The van der Waals surface area contributed by atoms with Gasteiger partial charge in [-0.3, -0.25) is 4.79 Å². The van der Waals surface area contributed by atoms with Crippen molar-refractivity contribution in [3.63, 3.8) is 0 Å². The predicted octanol–water partition coefficient (Wildman–Crippen LogP) is 3.50. The van der Waals surface area contributed by atoms with E-state index in [1.807, 2.05) is 0 Å². The van der Waals surface area contributed by atoms with Gasteiger partial charge >= 0.3 is 17.8 Å². The molecule has 0 aliphatic carbocycles. The number of para-hydroxylation sites is 1. The lowest BCUT2D eigenvalue weighted by Crippen LogP contribution is -2.33. The molecule has 0 saturated carbocycles. The average molecular weight is 432 g/mol. The number of anilines is 1. The van der Waals surface area contributed by atoms with E-state index in [1.54, 1.807) is 37.4 Å². The van der Waals surface area contributed by atoms with Gasteiger partial charge in [0.15, 0.2) is 5.82 Å². The number of amides is 3. The molecule has 0 radical (unpaired) electrons. The van der Waals surface area contributed by atoms with E-state index in [9.17, 15) is 14.0 Å². The van der Waals surface area contributed by atoms with Gasteiger partial charge in [0.2, 0.25) is 0 Å². The van der Waals surface area contributed by atoms with Gasteiger partial charge < -0.3 is 20.1 Å². The Balaban J connectivity index is 1.47. The van der Waals surface area contributed by atoms with Crippen molar-refractivity contribution < 1.29 is 18.5 Å². The van der Waals surface area contributed by atoms with Crippen LogP contribution in [0.1, 0.15) is 22.1 Å². The van der Waals surface area contributed by atoms with E-state index in [-0.39, 0.29) is 36.9 Å². The monoisotopic (exact) mass is 431 g/mol. The van der Waals surface area contributed by atoms with Crippen molar-refractivity contribution in [2.45, 2.75) is 13.0 Å². The van der Waals surface area contributed by atoms with Gasteiger partial charge in [-0.05, 0) is 29.8 Å². The topological polar surface area (TPSA) is 100 Å². The summed E-state index contributed by atoms with van der Waals surface area (Å²) < 4.78 is 18.6. The second-order valence-corrected chi connectivity index (χ2v) is 6.84. The van der Waals surface area contributed by atoms with Gasteiger partial charge in [0, 0.05) is 31.6 Å². The van der Waals surface area contributed by atoms with Gasteiger partial charge in [-0.2, -0.15) is 4.98 Å². The van der Waals surface area contributed by atoms with Crippen molar-refractivity contribution in [2.75, 3.05) is 18.9 Å². The second-order valence-electron chi connectivity index (χ2n) is 6.41. The maximum Gasteiger partial charge on any atom is 0.321 e. The minimum Gasteiger partial charge on any atom is -0.344 e. The molecule has 8 nitrogen and oxygen atoms in total. The SMILES string of the molecule is CN(CCc1noc(C(=O)NCc2ccc(Cl)cc2)n1)C(=O)Nc1ccccc1F. The van der Waals surface area contributed by atoms with E-state index in [0.717, 1.165) is 5.56 Å². The van der Waals surface area contributed by atoms with Crippen LogP contribution < -0.4 is 10.6 Å². The minimum atomic E-state index is -0.522. The van der Waals surface area contributed by atoms with Gasteiger partial charge in [-0.1, -0.05) is 41.0 Å². The summed E-state index contributed by atoms with van der Waals surface area (Å²) in [6.45, 7) is 0.526. The first kappa shape index (κ1) is 21.3. The van der Waals surface area contributed by atoms with Gasteiger partial charge in [0.1, 0.15) is 5.82 Å². The lowest BCUT2D eigenvalue weighted by molar-refractivity contribution is 0.0907. The number of nitrogens with zero attached hydrogens (tertiary/aromatic N) is 3. The number of carbonyl (C=O) groups excluding carboxylic acids is 2. The summed E-state index contributed by atoms with van der Waals surface area (Å²) >= 11 is 5.83. The molecule has 0 spiro atoms. The number of urea groups is 1. The highest BCUT2D eigenvalue weighted by Gasteiger charge is 2.16. The molecule has 3 rings (SSSR count). The highest BCUT2D eigenvalue weighted by molar-refractivity contribution is 6.30. The summed E-state index contributed by atoms with van der Waals surface area (Å²) in [5, 5.41) is 9.52. The Bertz CT molecular complexity index is 1030. The van der Waals surface area contributed by atoms with E-state index in [2.05, 4.69) is 20.8 Å². The zero-order chi connectivity index (χ0) is 21.5. The first-order chi connectivity index (χ1) is 14.4. The fourth-order valence-electron chi connectivity index (χ4n) is 2.45. The van der Waals surface area contributed by atoms with Crippen molar-refractivity contribution in [1.29, 1.82) is 0 Å². The van der Waals surface area contributed by atoms with Crippen LogP contribution in [0.15, 0.2) is 53.1 Å². The van der Waals surface area contributed by atoms with Crippen LogP contribution in [-0.4, -0.2) is 40.6 Å². The number of nitrogens with one attached hydrogen (secondary N) is 2. The first-order valence-electron chi connectivity index (χ1n) is 9.04. The summed E-state index contributed by atoms with van der Waals surface area (Å²) in [5.74, 6) is -0.921. The van der Waals surface area contributed by atoms with E-state index in [4.69, 9.17) is 16.1 Å². The maximum absolute atomic E-state index is 13.6. The molecule has 0 bridgehead atoms. The highest BCUT2D eigenvalue weighted by atomic mass is 35.5. The Morgan fingerprint density at radius 2 is 1.90 bits per heavy atom. The van der Waals surface area contributed by atoms with Gasteiger partial charge in [-0.15, -0.1) is 0 Å². The quantitative estimate of drug-likeness (QED) is 0.596. The number of aromatic nitrogens is 2. The number of likely N-dealkylation sites (N-methyl/N-ethyl adjacent to an activating group) is 1. The molecule has 0 unspecified atom stereocenters. The summed E-state index contributed by atoms with van der Waals surface area (Å²) in [5.41, 5.74) is 0.962. The lowest BCUT2D eigenvalue weighted by Gasteiger charge is -2.17. The van der Waals surface area contributed by atoms with Crippen LogP contribution in [0.2, 0.25) is 5.02 Å². The van der Waals surface area contributed by atoms with Crippen molar-refractivity contribution in [1.82, 2.24) is 20.4 Å². The number of halogens is 2. The Morgan fingerprint density at radius 3 is 2.63 bits per heavy atom. The maximum atomic E-state index is 13.6. The third-order valence-corrected chi connectivity index (χ3v) is 4.41. The molecule has 2 aromatic carbocycles. The molecule has 2 N–H and O–H groups in total. The van der Waals surface area contributed by atoms with Crippen LogP contribution in [0, 0.1) is 5.82 Å². The molecule has 1 aromatic heterocycles. The van der Waals surface area contributed by atoms with Crippen LogP contribution in [0.25, 0.3) is 0 Å². The minimum absolute atomic E-state index is 0.0913. The number of rotatable bonds is 7. The molecule has 3 amide bonds. The first-order valence-corrected chi connectivity index (χ1v) is 9.42. The molecular formula is C20H19ClFN5O3. The average Bonchev–Trinajstić information content (AvgIpc) is 3.22. The van der Waals surface area contributed by atoms with E-state index >= 15 is 0 Å². The normalized spacial score (nSPS) is 10.5. The largest absolute Gasteiger partial charge is 0.344 e. The van der Waals surface area contributed by atoms with E-state index in [1.165, 1.54) is 23.1 Å². The Morgan fingerprint density at radius 1 is 1.17 bits per heavy atom. The van der Waals surface area contributed by atoms with E-state index in [0.29, 0.717) is 5.02 Å². The Kier molecular flexibility index (Phi) is 6.97. The fraction of sp³-hybridized carbons (Fsp3) is 0.200. The summed E-state index contributed by atoms with van der Waals surface area (Å²) in [7, 11) is 1.55. The molecule has 0 saturated heterocycles. The molecule has 0 atom stereocenters. The third kappa shape index (κ3) is 5.77. The summed E-state index contributed by atoms with van der Waals surface area (Å²) in [4.78, 5) is 29.7. The smallest absolute Gasteiger partial charge is 0.321 e. The van der Waals surface area contributed by atoms with Crippen LogP contribution in [0.3, 0.4) is 0 Å². The van der Waals surface area contributed by atoms with Crippen molar-refractivity contribution in [2.24, 2.45) is 0 Å². The van der Waals surface area contributed by atoms with E-state index < -0.39 is 17.8 Å². The number of benzene rings is 2. The van der Waals surface area contributed by atoms with Crippen molar-refractivity contribution in [3.05, 3.63) is 76.6 Å². The van der Waals surface area contributed by atoms with Crippen LogP contribution in [-0.2, 0) is 13.0 Å². The molecule has 30 heavy (non-hydrogen) atoms. The standard InChI is InChI=1S/C20H19ClFN5O3/c1-27(20(29)24-16-5-3-2-4-15(16)22)11-10-17-25-19(30-26-17)18(28)23-12-13-6-8-14(21)9-7-13/h2-9H,10-12H2,1H3,(H,23,28)(H,24,29). The zero-order valence-electron chi connectivity index (χ0n) is 16.1. The highest BCUT2D eigenvalue weighted by Crippen LogP contribution is 2.13. The van der Waals surface area contributed by atoms with Gasteiger partial charge in [0.25, 0.3) is 0 Å². The third-order valence-electron chi connectivity index (χ3n) is 4.16. The molecule has 0 aliphatic rings. The van der Waals surface area contributed by atoms with Crippen molar-refractivity contribution >= 4 is 29.2 Å². The van der Waals surface area contributed by atoms with Gasteiger partial charge in [-0.25, -0.2) is 9.18 Å². The van der Waals surface area contributed by atoms with Crippen LogP contribution >= 0.6 is 11.6 Å². The lowest BCUT2D eigenvalue weighted by atomic mass is 10.2. The number of hydrogen-bond donors (Lipinski definition) is 2. The fourth-order valence-corrected chi connectivity index (χ4v) is 2.58. The number of hydrogen-bond acceptors (Lipinski definition) is 5. The molecule has 0 aliphatic heterocycles. The van der Waals surface area contributed by atoms with Gasteiger partial charge in [0.05, 0.1) is 5.69 Å². The predicted molar refractivity (Wildman–Crippen MR) is 109 cm³/mol. The van der Waals surface area contributed by atoms with Crippen molar-refractivity contribution in [3.8, 4) is 0 Å². The molecule has 156 valence electrons. The molecule has 3 aromatic rings. The zero-order valence-corrected chi connectivity index (χ0v) is 16.8. The summed E-state index contributed by atoms with van der Waals surface area (Å²) in [6, 6.07) is 12.5. The molecule has 1 heterocycles. The Hall–Kier alpha value is -3.46. The number of carbonyl (C=O) groups is 2. The molecule has 10 heteroatoms. The second kappa shape index (κ2) is 9.84.